The minimum atomic E-state index is -1.00. The molecule has 0 radical (unpaired) electrons. The number of hydrogen-bond donors (Lipinski definition) is 1. The first kappa shape index (κ1) is 14.1. The van der Waals surface area contributed by atoms with Gasteiger partial charge in [0.05, 0.1) is 12.2 Å². The van der Waals surface area contributed by atoms with E-state index < -0.39 is 5.97 Å². The van der Waals surface area contributed by atoms with Gasteiger partial charge in [-0.2, -0.15) is 0 Å². The number of pyridine rings is 1. The van der Waals surface area contributed by atoms with Gasteiger partial charge in [0, 0.05) is 20.2 Å². The molecule has 0 amide bonds. The number of aromatic nitrogens is 1. The van der Waals surface area contributed by atoms with Crippen LogP contribution in [0, 0.1) is 5.92 Å². The summed E-state index contributed by atoms with van der Waals surface area (Å²) in [7, 11) is 1.89. The van der Waals surface area contributed by atoms with Gasteiger partial charge in [-0.1, -0.05) is 11.6 Å². The van der Waals surface area contributed by atoms with E-state index in [1.807, 2.05) is 11.9 Å². The first-order valence-corrected chi connectivity index (χ1v) is 6.64. The van der Waals surface area contributed by atoms with Crippen molar-refractivity contribution in [3.8, 4) is 0 Å². The molecule has 1 atom stereocenters. The third-order valence-electron chi connectivity index (χ3n) is 3.21. The number of carboxylic acid groups (broad SMARTS) is 1. The summed E-state index contributed by atoms with van der Waals surface area (Å²) in [6.45, 7) is 2.36. The summed E-state index contributed by atoms with van der Waals surface area (Å²) in [6, 6.07) is 2.89. The second-order valence-corrected chi connectivity index (χ2v) is 5.19. The van der Waals surface area contributed by atoms with Gasteiger partial charge in [0.1, 0.15) is 11.0 Å². The third kappa shape index (κ3) is 3.81. The van der Waals surface area contributed by atoms with Crippen LogP contribution in [0.4, 0.5) is 5.82 Å². The molecule has 1 fully saturated rings. The highest BCUT2D eigenvalue weighted by atomic mass is 35.5. The molecule has 5 nitrogen and oxygen atoms in total. The van der Waals surface area contributed by atoms with E-state index in [9.17, 15) is 4.79 Å². The lowest BCUT2D eigenvalue weighted by molar-refractivity contribution is 0.0576. The highest BCUT2D eigenvalue weighted by Crippen LogP contribution is 2.21. The molecule has 1 N–H and O–H groups in total. The van der Waals surface area contributed by atoms with Crippen LogP contribution in [0.5, 0.6) is 0 Å². The van der Waals surface area contributed by atoms with E-state index in [0.29, 0.717) is 11.7 Å². The molecule has 1 aliphatic rings. The standard InChI is InChI=1S/C13H17ClN2O3/c1-16(7-9-3-2-4-19-8-9)12-6-10(13(17)18)5-11(14)15-12/h5-6,9H,2-4,7-8H2,1H3,(H,17,18). The van der Waals surface area contributed by atoms with E-state index in [1.54, 1.807) is 0 Å². The topological polar surface area (TPSA) is 62.7 Å². The molecule has 0 bridgehead atoms. The number of carboxylic acids is 1. The predicted molar refractivity (Wildman–Crippen MR) is 73.0 cm³/mol. The van der Waals surface area contributed by atoms with Crippen LogP contribution in [0.2, 0.25) is 5.15 Å². The molecule has 2 heterocycles. The Morgan fingerprint density at radius 3 is 3.05 bits per heavy atom. The Balaban J connectivity index is 2.09. The van der Waals surface area contributed by atoms with Crippen LogP contribution < -0.4 is 4.90 Å². The van der Waals surface area contributed by atoms with Crippen molar-refractivity contribution in [2.45, 2.75) is 12.8 Å². The monoisotopic (exact) mass is 284 g/mol. The lowest BCUT2D eigenvalue weighted by Gasteiger charge is -2.27. The summed E-state index contributed by atoms with van der Waals surface area (Å²) in [5.41, 5.74) is 0.154. The molecule has 1 unspecified atom stereocenters. The molecule has 1 aromatic rings. The van der Waals surface area contributed by atoms with Crippen LogP contribution >= 0.6 is 11.6 Å². The molecule has 0 saturated carbocycles. The van der Waals surface area contributed by atoms with Gasteiger partial charge in [0.15, 0.2) is 0 Å². The van der Waals surface area contributed by atoms with Gasteiger partial charge >= 0.3 is 5.97 Å². The van der Waals surface area contributed by atoms with Gasteiger partial charge in [0.25, 0.3) is 0 Å². The Morgan fingerprint density at radius 1 is 1.63 bits per heavy atom. The van der Waals surface area contributed by atoms with E-state index in [4.69, 9.17) is 21.4 Å². The average Bonchev–Trinajstić information content (AvgIpc) is 2.39. The number of carbonyl (C=O) groups is 1. The van der Waals surface area contributed by atoms with E-state index in [2.05, 4.69) is 4.98 Å². The van der Waals surface area contributed by atoms with Crippen molar-refractivity contribution in [1.29, 1.82) is 0 Å². The third-order valence-corrected chi connectivity index (χ3v) is 3.40. The van der Waals surface area contributed by atoms with Gasteiger partial charge in [0.2, 0.25) is 0 Å². The van der Waals surface area contributed by atoms with Crippen LogP contribution in [0.15, 0.2) is 12.1 Å². The summed E-state index contributed by atoms with van der Waals surface area (Å²) in [5, 5.41) is 9.21. The number of aromatic carboxylic acids is 1. The zero-order chi connectivity index (χ0) is 13.8. The number of nitrogens with zero attached hydrogens (tertiary/aromatic N) is 2. The Labute approximate surface area is 117 Å². The Kier molecular flexibility index (Phi) is 4.61. The molecule has 1 aromatic heterocycles. The Bertz CT molecular complexity index is 461. The van der Waals surface area contributed by atoms with E-state index in [-0.39, 0.29) is 10.7 Å². The lowest BCUT2D eigenvalue weighted by atomic mass is 10.0. The highest BCUT2D eigenvalue weighted by molar-refractivity contribution is 6.29. The number of halogens is 1. The quantitative estimate of drug-likeness (QED) is 0.860. The molecule has 1 saturated heterocycles. The van der Waals surface area contributed by atoms with Crippen molar-refractivity contribution in [2.24, 2.45) is 5.92 Å². The summed E-state index contributed by atoms with van der Waals surface area (Å²) in [5.74, 6) is 0.0308. The summed E-state index contributed by atoms with van der Waals surface area (Å²) >= 11 is 5.86. The first-order chi connectivity index (χ1) is 9.06. The van der Waals surface area contributed by atoms with E-state index in [1.165, 1.54) is 12.1 Å². The molecule has 2 rings (SSSR count). The molecule has 1 aliphatic heterocycles. The number of anilines is 1. The van der Waals surface area contributed by atoms with Gasteiger partial charge in [-0.05, 0) is 30.9 Å². The van der Waals surface area contributed by atoms with Crippen LogP contribution in [-0.4, -0.2) is 42.9 Å². The van der Waals surface area contributed by atoms with Crippen LogP contribution in [0.25, 0.3) is 0 Å². The molecule has 0 aliphatic carbocycles. The molecule has 104 valence electrons. The SMILES string of the molecule is CN(CC1CCCOC1)c1cc(C(=O)O)cc(Cl)n1. The Hall–Kier alpha value is -1.33. The minimum Gasteiger partial charge on any atom is -0.478 e. The summed E-state index contributed by atoms with van der Waals surface area (Å²) in [6.07, 6.45) is 2.19. The molecule has 19 heavy (non-hydrogen) atoms. The number of rotatable bonds is 4. The predicted octanol–water partition coefficient (Wildman–Crippen LogP) is 2.30. The molecular weight excluding hydrogens is 268 g/mol. The van der Waals surface area contributed by atoms with E-state index in [0.717, 1.165) is 32.6 Å². The molecule has 0 aromatic carbocycles. The minimum absolute atomic E-state index is 0.154. The summed E-state index contributed by atoms with van der Waals surface area (Å²) in [4.78, 5) is 17.1. The van der Waals surface area contributed by atoms with Gasteiger partial charge < -0.3 is 14.7 Å². The molecule has 0 spiro atoms. The van der Waals surface area contributed by atoms with Gasteiger partial charge in [-0.25, -0.2) is 9.78 Å². The van der Waals surface area contributed by atoms with Gasteiger partial charge in [-0.3, -0.25) is 0 Å². The first-order valence-electron chi connectivity index (χ1n) is 6.26. The molecular formula is C13H17ClN2O3. The van der Waals surface area contributed by atoms with Crippen molar-refractivity contribution >= 4 is 23.4 Å². The fourth-order valence-electron chi connectivity index (χ4n) is 2.23. The van der Waals surface area contributed by atoms with Crippen molar-refractivity contribution in [1.82, 2.24) is 4.98 Å². The summed E-state index contributed by atoms with van der Waals surface area (Å²) < 4.78 is 5.44. The fourth-order valence-corrected chi connectivity index (χ4v) is 2.44. The van der Waals surface area contributed by atoms with Crippen LogP contribution in [0.3, 0.4) is 0 Å². The van der Waals surface area contributed by atoms with Crippen molar-refractivity contribution in [3.05, 3.63) is 22.8 Å². The van der Waals surface area contributed by atoms with Crippen molar-refractivity contribution in [2.75, 3.05) is 31.7 Å². The maximum atomic E-state index is 11.0. The maximum absolute atomic E-state index is 11.0. The van der Waals surface area contributed by atoms with Gasteiger partial charge in [-0.15, -0.1) is 0 Å². The lowest BCUT2D eigenvalue weighted by Crippen LogP contribution is -2.31. The second-order valence-electron chi connectivity index (χ2n) is 4.81. The second kappa shape index (κ2) is 6.21. The van der Waals surface area contributed by atoms with E-state index >= 15 is 0 Å². The Morgan fingerprint density at radius 2 is 2.42 bits per heavy atom. The zero-order valence-electron chi connectivity index (χ0n) is 10.8. The fraction of sp³-hybridized carbons (Fsp3) is 0.538. The number of hydrogen-bond acceptors (Lipinski definition) is 4. The maximum Gasteiger partial charge on any atom is 0.335 e. The normalized spacial score (nSPS) is 19.2. The molecule has 6 heteroatoms. The number of ether oxygens (including phenoxy) is 1. The van der Waals surface area contributed by atoms with Crippen molar-refractivity contribution in [3.63, 3.8) is 0 Å². The van der Waals surface area contributed by atoms with Crippen LogP contribution in [0.1, 0.15) is 23.2 Å². The average molecular weight is 285 g/mol. The smallest absolute Gasteiger partial charge is 0.335 e. The largest absolute Gasteiger partial charge is 0.478 e. The zero-order valence-corrected chi connectivity index (χ0v) is 11.6. The van der Waals surface area contributed by atoms with Crippen molar-refractivity contribution < 1.29 is 14.6 Å². The highest BCUT2D eigenvalue weighted by Gasteiger charge is 2.18. The van der Waals surface area contributed by atoms with Crippen LogP contribution in [-0.2, 0) is 4.74 Å².